The molecule has 0 radical (unpaired) electrons. The first-order valence-corrected chi connectivity index (χ1v) is 6.77. The fraction of sp³-hybridized carbons (Fsp3) is 0.600. The molecule has 0 aliphatic heterocycles. The quantitative estimate of drug-likeness (QED) is 0.796. The highest BCUT2D eigenvalue weighted by atomic mass is 16.5. The van der Waals surface area contributed by atoms with E-state index in [2.05, 4.69) is 19.2 Å². The molecule has 1 aliphatic carbocycles. The van der Waals surface area contributed by atoms with Gasteiger partial charge in [0.2, 0.25) is 0 Å². The summed E-state index contributed by atoms with van der Waals surface area (Å²) in [5, 5.41) is 12.4. The summed E-state index contributed by atoms with van der Waals surface area (Å²) in [5.41, 5.74) is 1.45. The van der Waals surface area contributed by atoms with Crippen molar-refractivity contribution < 1.29 is 14.6 Å². The molecule has 0 saturated heterocycles. The number of rotatable bonds is 7. The minimum absolute atomic E-state index is 0.00468. The normalized spacial score (nSPS) is 17.7. The molecule has 1 aromatic carbocycles. The van der Waals surface area contributed by atoms with E-state index < -0.39 is 0 Å². The van der Waals surface area contributed by atoms with Crippen molar-refractivity contribution in [3.63, 3.8) is 0 Å². The molecule has 4 nitrogen and oxygen atoms in total. The lowest BCUT2D eigenvalue weighted by Gasteiger charge is -2.22. The third kappa shape index (κ3) is 3.32. The average molecular weight is 265 g/mol. The first kappa shape index (κ1) is 14.0. The van der Waals surface area contributed by atoms with Crippen molar-refractivity contribution in [2.24, 2.45) is 5.41 Å². The highest BCUT2D eigenvalue weighted by Crippen LogP contribution is 2.49. The van der Waals surface area contributed by atoms with Gasteiger partial charge in [0.1, 0.15) is 6.61 Å². The van der Waals surface area contributed by atoms with Gasteiger partial charge < -0.3 is 19.9 Å². The standard InChI is InChI=1S/C15H23NO3/c1-11(15(2)6-7-15)16-12-4-5-13(18-3)14(10-12)19-9-8-17/h4-5,10-11,16-17H,6-9H2,1-3H3. The van der Waals surface area contributed by atoms with Gasteiger partial charge in [0.05, 0.1) is 13.7 Å². The zero-order chi connectivity index (χ0) is 13.9. The molecule has 1 saturated carbocycles. The number of benzene rings is 1. The van der Waals surface area contributed by atoms with Crippen molar-refractivity contribution in [3.8, 4) is 11.5 Å². The van der Waals surface area contributed by atoms with Gasteiger partial charge in [0, 0.05) is 17.8 Å². The molecule has 19 heavy (non-hydrogen) atoms. The minimum Gasteiger partial charge on any atom is -0.493 e. The molecular formula is C15H23NO3. The van der Waals surface area contributed by atoms with Gasteiger partial charge in [0.15, 0.2) is 11.5 Å². The lowest BCUT2D eigenvalue weighted by Crippen LogP contribution is -2.24. The Bertz CT molecular complexity index is 429. The number of ether oxygens (including phenoxy) is 2. The molecule has 0 heterocycles. The Kier molecular flexibility index (Phi) is 4.20. The van der Waals surface area contributed by atoms with Crippen molar-refractivity contribution in [2.75, 3.05) is 25.6 Å². The van der Waals surface area contributed by atoms with E-state index in [0.29, 0.717) is 23.0 Å². The number of aliphatic hydroxyl groups excluding tert-OH is 1. The highest BCUT2D eigenvalue weighted by Gasteiger charge is 2.42. The predicted molar refractivity (Wildman–Crippen MR) is 76.0 cm³/mol. The van der Waals surface area contributed by atoms with Crippen LogP contribution in [0.2, 0.25) is 0 Å². The Morgan fingerprint density at radius 1 is 1.37 bits per heavy atom. The fourth-order valence-electron chi connectivity index (χ4n) is 2.09. The largest absolute Gasteiger partial charge is 0.493 e. The molecule has 1 aromatic rings. The summed E-state index contributed by atoms with van der Waals surface area (Å²) in [6, 6.07) is 6.24. The third-order valence-electron chi connectivity index (χ3n) is 3.98. The topological polar surface area (TPSA) is 50.7 Å². The van der Waals surface area contributed by atoms with Crippen LogP contribution in [0.25, 0.3) is 0 Å². The SMILES string of the molecule is COc1ccc(NC(C)C2(C)CC2)cc1OCCO. The van der Waals surface area contributed by atoms with Gasteiger partial charge in [-0.15, -0.1) is 0 Å². The number of anilines is 1. The molecule has 2 rings (SSSR count). The number of hydrogen-bond donors (Lipinski definition) is 2. The van der Waals surface area contributed by atoms with Gasteiger partial charge in [-0.3, -0.25) is 0 Å². The zero-order valence-corrected chi connectivity index (χ0v) is 11.9. The van der Waals surface area contributed by atoms with Crippen LogP contribution < -0.4 is 14.8 Å². The summed E-state index contributed by atoms with van der Waals surface area (Å²) in [6.07, 6.45) is 2.57. The first-order chi connectivity index (χ1) is 9.09. The second-order valence-electron chi connectivity index (χ2n) is 5.46. The Morgan fingerprint density at radius 3 is 2.68 bits per heavy atom. The van der Waals surface area contributed by atoms with Gasteiger partial charge in [-0.25, -0.2) is 0 Å². The molecule has 4 heteroatoms. The average Bonchev–Trinajstić information content (AvgIpc) is 3.16. The molecule has 1 fully saturated rings. The summed E-state index contributed by atoms with van der Waals surface area (Å²) in [6.45, 7) is 4.78. The van der Waals surface area contributed by atoms with Crippen molar-refractivity contribution in [1.29, 1.82) is 0 Å². The molecule has 1 atom stereocenters. The van der Waals surface area contributed by atoms with E-state index in [1.165, 1.54) is 12.8 Å². The van der Waals surface area contributed by atoms with E-state index in [4.69, 9.17) is 14.6 Å². The lowest BCUT2D eigenvalue weighted by atomic mass is 10.0. The zero-order valence-electron chi connectivity index (χ0n) is 11.9. The van der Waals surface area contributed by atoms with Crippen LogP contribution >= 0.6 is 0 Å². The number of aliphatic hydroxyl groups is 1. The molecule has 106 valence electrons. The Hall–Kier alpha value is -1.42. The Morgan fingerprint density at radius 2 is 2.11 bits per heavy atom. The number of nitrogens with one attached hydrogen (secondary N) is 1. The van der Waals surface area contributed by atoms with Crippen LogP contribution in [0.15, 0.2) is 18.2 Å². The molecule has 2 N–H and O–H groups in total. The first-order valence-electron chi connectivity index (χ1n) is 6.77. The molecule has 0 spiro atoms. The van der Waals surface area contributed by atoms with Crippen molar-refractivity contribution in [2.45, 2.75) is 32.7 Å². The van der Waals surface area contributed by atoms with Gasteiger partial charge in [0.25, 0.3) is 0 Å². The van der Waals surface area contributed by atoms with Gasteiger partial charge in [-0.05, 0) is 37.3 Å². The molecule has 0 aromatic heterocycles. The Balaban J connectivity index is 2.08. The highest BCUT2D eigenvalue weighted by molar-refractivity contribution is 5.55. The maximum atomic E-state index is 8.84. The van der Waals surface area contributed by atoms with E-state index in [-0.39, 0.29) is 13.2 Å². The van der Waals surface area contributed by atoms with E-state index in [1.807, 2.05) is 18.2 Å². The van der Waals surface area contributed by atoms with Crippen molar-refractivity contribution in [3.05, 3.63) is 18.2 Å². The maximum Gasteiger partial charge on any atom is 0.163 e. The predicted octanol–water partition coefficient (Wildman–Crippen LogP) is 2.67. The minimum atomic E-state index is -0.00468. The fourth-order valence-corrected chi connectivity index (χ4v) is 2.09. The summed E-state index contributed by atoms with van der Waals surface area (Å²) in [7, 11) is 1.61. The Labute approximate surface area is 114 Å². The lowest BCUT2D eigenvalue weighted by molar-refractivity contribution is 0.196. The van der Waals surface area contributed by atoms with Crippen LogP contribution in [0, 0.1) is 5.41 Å². The maximum absolute atomic E-state index is 8.84. The molecule has 1 unspecified atom stereocenters. The van der Waals surface area contributed by atoms with Crippen LogP contribution in [0.1, 0.15) is 26.7 Å². The van der Waals surface area contributed by atoms with Crippen molar-refractivity contribution in [1.82, 2.24) is 0 Å². The smallest absolute Gasteiger partial charge is 0.163 e. The molecule has 0 amide bonds. The molecule has 1 aliphatic rings. The number of methoxy groups -OCH3 is 1. The van der Waals surface area contributed by atoms with E-state index in [9.17, 15) is 0 Å². The summed E-state index contributed by atoms with van der Waals surface area (Å²) in [4.78, 5) is 0. The van der Waals surface area contributed by atoms with Gasteiger partial charge in [-0.2, -0.15) is 0 Å². The van der Waals surface area contributed by atoms with E-state index in [0.717, 1.165) is 5.69 Å². The second-order valence-corrected chi connectivity index (χ2v) is 5.46. The van der Waals surface area contributed by atoms with Gasteiger partial charge >= 0.3 is 0 Å². The molecular weight excluding hydrogens is 242 g/mol. The van der Waals surface area contributed by atoms with Crippen LogP contribution in [0.5, 0.6) is 11.5 Å². The van der Waals surface area contributed by atoms with E-state index in [1.54, 1.807) is 7.11 Å². The van der Waals surface area contributed by atoms with Crippen LogP contribution in [-0.2, 0) is 0 Å². The second kappa shape index (κ2) is 5.70. The molecule has 0 bridgehead atoms. The number of hydrogen-bond acceptors (Lipinski definition) is 4. The third-order valence-corrected chi connectivity index (χ3v) is 3.98. The summed E-state index contributed by atoms with van der Waals surface area (Å²) in [5.74, 6) is 1.35. The van der Waals surface area contributed by atoms with E-state index >= 15 is 0 Å². The summed E-state index contributed by atoms with van der Waals surface area (Å²) >= 11 is 0. The van der Waals surface area contributed by atoms with Crippen LogP contribution in [0.4, 0.5) is 5.69 Å². The summed E-state index contributed by atoms with van der Waals surface area (Å²) < 4.78 is 10.7. The monoisotopic (exact) mass is 265 g/mol. The van der Waals surface area contributed by atoms with Gasteiger partial charge in [-0.1, -0.05) is 6.92 Å². The van der Waals surface area contributed by atoms with Crippen LogP contribution in [0.3, 0.4) is 0 Å². The van der Waals surface area contributed by atoms with Crippen LogP contribution in [-0.4, -0.2) is 31.5 Å². The van der Waals surface area contributed by atoms with Crippen molar-refractivity contribution >= 4 is 5.69 Å².